The molecule has 3 rings (SSSR count). The van der Waals surface area contributed by atoms with E-state index in [0.717, 1.165) is 16.1 Å². The van der Waals surface area contributed by atoms with Gasteiger partial charge in [-0.1, -0.05) is 60.7 Å². The van der Waals surface area contributed by atoms with Crippen LogP contribution < -0.4 is 0 Å². The molecule has 1 aromatic heterocycles. The van der Waals surface area contributed by atoms with E-state index in [1.165, 1.54) is 17.1 Å². The van der Waals surface area contributed by atoms with E-state index < -0.39 is 0 Å². The fraction of sp³-hybridized carbons (Fsp3) is 0. The molecule has 0 fully saturated rings. The van der Waals surface area contributed by atoms with E-state index >= 15 is 0 Å². The van der Waals surface area contributed by atoms with E-state index in [1.54, 1.807) is 0 Å². The van der Waals surface area contributed by atoms with Gasteiger partial charge in [0, 0.05) is 11.6 Å². The van der Waals surface area contributed by atoms with Crippen LogP contribution in [0.3, 0.4) is 0 Å². The fourth-order valence-corrected chi connectivity index (χ4v) is 2.40. The Hall–Kier alpha value is -1.93. The molecule has 1 radical (unpaired) electrons. The SMILES string of the molecule is [c]1c(-c2ccccc2)nsc1-c1ccccc1. The Bertz CT molecular complexity index is 545. The van der Waals surface area contributed by atoms with Gasteiger partial charge in [-0.2, -0.15) is 4.37 Å². The zero-order valence-corrected chi connectivity index (χ0v) is 9.95. The van der Waals surface area contributed by atoms with E-state index in [-0.39, 0.29) is 0 Å². The summed E-state index contributed by atoms with van der Waals surface area (Å²) in [7, 11) is 0. The van der Waals surface area contributed by atoms with Crippen molar-refractivity contribution in [3.05, 3.63) is 66.7 Å². The lowest BCUT2D eigenvalue weighted by molar-refractivity contribution is 1.52. The summed E-state index contributed by atoms with van der Waals surface area (Å²) in [5, 5.41) is 0. The first-order valence-electron chi connectivity index (χ1n) is 5.43. The lowest BCUT2D eigenvalue weighted by Gasteiger charge is -1.94. The molecular formula is C15H10NS. The van der Waals surface area contributed by atoms with Crippen LogP contribution in [0, 0.1) is 6.07 Å². The Labute approximate surface area is 105 Å². The van der Waals surface area contributed by atoms with Gasteiger partial charge in [-0.05, 0) is 17.1 Å². The minimum atomic E-state index is 0.925. The molecule has 0 bridgehead atoms. The van der Waals surface area contributed by atoms with Crippen molar-refractivity contribution in [3.8, 4) is 21.7 Å². The van der Waals surface area contributed by atoms with Gasteiger partial charge in [0.05, 0.1) is 10.6 Å². The highest BCUT2D eigenvalue weighted by atomic mass is 32.1. The number of benzene rings is 2. The van der Waals surface area contributed by atoms with Gasteiger partial charge in [0.1, 0.15) is 0 Å². The Morgan fingerprint density at radius 3 is 2.00 bits per heavy atom. The number of hydrogen-bond donors (Lipinski definition) is 0. The van der Waals surface area contributed by atoms with Crippen molar-refractivity contribution in [1.82, 2.24) is 4.37 Å². The van der Waals surface area contributed by atoms with Crippen LogP contribution in [0.5, 0.6) is 0 Å². The monoisotopic (exact) mass is 236 g/mol. The molecule has 0 atom stereocenters. The Morgan fingerprint density at radius 2 is 1.35 bits per heavy atom. The summed E-state index contributed by atoms with van der Waals surface area (Å²) in [5.74, 6) is 0. The zero-order valence-electron chi connectivity index (χ0n) is 9.13. The average Bonchev–Trinajstić information content (AvgIpc) is 2.90. The summed E-state index contributed by atoms with van der Waals surface area (Å²) < 4.78 is 4.45. The number of rotatable bonds is 2. The summed E-state index contributed by atoms with van der Waals surface area (Å²) >= 11 is 1.49. The van der Waals surface area contributed by atoms with Crippen molar-refractivity contribution >= 4 is 11.5 Å². The van der Waals surface area contributed by atoms with Crippen LogP contribution in [0.4, 0.5) is 0 Å². The first kappa shape index (κ1) is 10.2. The molecule has 0 aliphatic rings. The van der Waals surface area contributed by atoms with Crippen LogP contribution in [0.2, 0.25) is 0 Å². The van der Waals surface area contributed by atoms with Crippen LogP contribution in [0.15, 0.2) is 60.7 Å². The van der Waals surface area contributed by atoms with Gasteiger partial charge in [-0.15, -0.1) is 0 Å². The van der Waals surface area contributed by atoms with Crippen molar-refractivity contribution in [3.63, 3.8) is 0 Å². The van der Waals surface area contributed by atoms with Crippen molar-refractivity contribution in [1.29, 1.82) is 0 Å². The molecule has 0 saturated carbocycles. The van der Waals surface area contributed by atoms with Crippen LogP contribution in [0.25, 0.3) is 21.7 Å². The molecule has 81 valence electrons. The third-order valence-corrected chi connectivity index (χ3v) is 3.34. The van der Waals surface area contributed by atoms with E-state index in [4.69, 9.17) is 0 Å². The smallest absolute Gasteiger partial charge is 0.0926 e. The maximum absolute atomic E-state index is 4.45. The Kier molecular flexibility index (Phi) is 2.72. The predicted molar refractivity (Wildman–Crippen MR) is 71.8 cm³/mol. The maximum atomic E-state index is 4.45. The predicted octanol–water partition coefficient (Wildman–Crippen LogP) is 4.28. The lowest BCUT2D eigenvalue weighted by atomic mass is 10.1. The topological polar surface area (TPSA) is 12.9 Å². The third-order valence-electron chi connectivity index (χ3n) is 2.54. The molecule has 2 aromatic carbocycles. The molecule has 0 unspecified atom stereocenters. The van der Waals surface area contributed by atoms with E-state index in [2.05, 4.69) is 34.7 Å². The summed E-state index contributed by atoms with van der Waals surface area (Å²) in [5.41, 5.74) is 3.22. The molecule has 0 aliphatic heterocycles. The normalized spacial score (nSPS) is 10.4. The van der Waals surface area contributed by atoms with Gasteiger partial charge in [0.2, 0.25) is 0 Å². The van der Waals surface area contributed by atoms with Crippen molar-refractivity contribution in [2.45, 2.75) is 0 Å². The molecule has 17 heavy (non-hydrogen) atoms. The minimum absolute atomic E-state index is 0.925. The zero-order chi connectivity index (χ0) is 11.5. The largest absolute Gasteiger partial charge is 0.191 e. The molecule has 1 heterocycles. The van der Waals surface area contributed by atoms with Gasteiger partial charge in [0.25, 0.3) is 0 Å². The second kappa shape index (κ2) is 4.52. The molecule has 0 saturated heterocycles. The highest BCUT2D eigenvalue weighted by Crippen LogP contribution is 2.28. The Balaban J connectivity index is 1.99. The summed E-state index contributed by atoms with van der Waals surface area (Å²) in [4.78, 5) is 1.09. The molecular weight excluding hydrogens is 226 g/mol. The summed E-state index contributed by atoms with van der Waals surface area (Å²) in [6.07, 6.45) is 0. The second-order valence-electron chi connectivity index (χ2n) is 3.72. The van der Waals surface area contributed by atoms with Crippen molar-refractivity contribution < 1.29 is 0 Å². The summed E-state index contributed by atoms with van der Waals surface area (Å²) in [6, 6.07) is 23.8. The molecule has 1 nitrogen and oxygen atoms in total. The number of nitrogens with zero attached hydrogens (tertiary/aromatic N) is 1. The maximum Gasteiger partial charge on any atom is 0.0926 e. The number of aromatic nitrogens is 1. The fourth-order valence-electron chi connectivity index (χ4n) is 1.68. The summed E-state index contributed by atoms with van der Waals surface area (Å²) in [6.45, 7) is 0. The Morgan fingerprint density at radius 1 is 0.765 bits per heavy atom. The van der Waals surface area contributed by atoms with Crippen LogP contribution in [-0.2, 0) is 0 Å². The van der Waals surface area contributed by atoms with Gasteiger partial charge in [-0.25, -0.2) is 0 Å². The first-order valence-corrected chi connectivity index (χ1v) is 6.21. The van der Waals surface area contributed by atoms with Gasteiger partial charge in [-0.3, -0.25) is 0 Å². The first-order chi connectivity index (χ1) is 8.43. The average molecular weight is 236 g/mol. The van der Waals surface area contributed by atoms with Crippen LogP contribution in [0.1, 0.15) is 0 Å². The molecule has 2 heteroatoms. The van der Waals surface area contributed by atoms with Crippen LogP contribution in [-0.4, -0.2) is 4.37 Å². The van der Waals surface area contributed by atoms with E-state index in [9.17, 15) is 0 Å². The molecule has 0 spiro atoms. The number of hydrogen-bond acceptors (Lipinski definition) is 2. The van der Waals surface area contributed by atoms with E-state index in [0.29, 0.717) is 0 Å². The molecule has 3 aromatic rings. The highest BCUT2D eigenvalue weighted by Gasteiger charge is 2.06. The molecule has 0 aliphatic carbocycles. The lowest BCUT2D eigenvalue weighted by Crippen LogP contribution is -1.74. The third kappa shape index (κ3) is 2.12. The highest BCUT2D eigenvalue weighted by molar-refractivity contribution is 7.09. The molecule has 0 amide bonds. The van der Waals surface area contributed by atoms with Crippen molar-refractivity contribution in [2.24, 2.45) is 0 Å². The minimum Gasteiger partial charge on any atom is -0.191 e. The van der Waals surface area contributed by atoms with E-state index in [1.807, 2.05) is 36.4 Å². The van der Waals surface area contributed by atoms with Crippen LogP contribution >= 0.6 is 11.5 Å². The molecule has 0 N–H and O–H groups in total. The quantitative estimate of drug-likeness (QED) is 0.647. The van der Waals surface area contributed by atoms with Gasteiger partial charge in [0.15, 0.2) is 0 Å². The second-order valence-corrected chi connectivity index (χ2v) is 4.49. The van der Waals surface area contributed by atoms with Crippen molar-refractivity contribution in [2.75, 3.05) is 0 Å². The van der Waals surface area contributed by atoms with Gasteiger partial charge >= 0.3 is 0 Å². The van der Waals surface area contributed by atoms with Gasteiger partial charge < -0.3 is 0 Å². The standard InChI is InChI=1S/C15H10NS/c1-3-7-12(8-4-1)14-11-15(17-16-14)13-9-5-2-6-10-13/h1-10H.